The molecular formula is C53H68N8O11. The summed E-state index contributed by atoms with van der Waals surface area (Å²) in [5, 5.41) is 19.6. The number of aromatic nitrogens is 1. The van der Waals surface area contributed by atoms with Gasteiger partial charge in [0.15, 0.2) is 5.78 Å². The quantitative estimate of drug-likeness (QED) is 0.0149. The number of primary amides is 1. The number of unbranched alkanes of at least 4 members (excludes halogenated alkanes) is 2. The molecule has 7 amide bonds. The second-order valence-electron chi connectivity index (χ2n) is 18.2. The van der Waals surface area contributed by atoms with Gasteiger partial charge in [0.05, 0.1) is 19.3 Å². The average molecular weight is 993 g/mol. The van der Waals surface area contributed by atoms with Crippen molar-refractivity contribution in [2.24, 2.45) is 17.6 Å². The first kappa shape index (κ1) is 55.7. The molecule has 1 saturated heterocycles. The van der Waals surface area contributed by atoms with E-state index < -0.39 is 47.6 Å². The van der Waals surface area contributed by atoms with Crippen LogP contribution in [0, 0.1) is 18.8 Å². The first-order chi connectivity index (χ1) is 34.6. The van der Waals surface area contributed by atoms with Gasteiger partial charge in [0, 0.05) is 92.6 Å². The minimum Gasteiger partial charge on any atom is -0.395 e. The maximum absolute atomic E-state index is 13.7. The molecular weight excluding hydrogens is 925 g/mol. The number of nitrogens with zero attached hydrogens (tertiary/aromatic N) is 2. The molecule has 1 aliphatic rings. The van der Waals surface area contributed by atoms with Gasteiger partial charge in [-0.1, -0.05) is 74.9 Å². The highest BCUT2D eigenvalue weighted by atomic mass is 16.7. The van der Waals surface area contributed by atoms with Crippen molar-refractivity contribution in [3.8, 4) is 0 Å². The summed E-state index contributed by atoms with van der Waals surface area (Å²) in [6.45, 7) is 7.95. The molecule has 0 aliphatic carbocycles. The van der Waals surface area contributed by atoms with E-state index in [2.05, 4.69) is 50.4 Å². The van der Waals surface area contributed by atoms with E-state index in [1.165, 1.54) is 17.0 Å². The molecule has 0 radical (unpaired) electrons. The Balaban J connectivity index is 1.04. The summed E-state index contributed by atoms with van der Waals surface area (Å²) in [7, 11) is 0. The van der Waals surface area contributed by atoms with Gasteiger partial charge in [-0.3, -0.25) is 38.5 Å². The number of nitrogens with two attached hydrogens (primary N) is 1. The number of fused-ring (bicyclic) bond motifs is 1. The Morgan fingerprint density at radius 3 is 2.26 bits per heavy atom. The number of rotatable bonds is 30. The van der Waals surface area contributed by atoms with E-state index in [-0.39, 0.29) is 75.9 Å². The second kappa shape index (κ2) is 28.6. The van der Waals surface area contributed by atoms with Crippen molar-refractivity contribution in [2.75, 3.05) is 31.6 Å². The number of hydrogen-bond donors (Lipinski definition) is 7. The van der Waals surface area contributed by atoms with Crippen LogP contribution in [0.2, 0.25) is 0 Å². The summed E-state index contributed by atoms with van der Waals surface area (Å²) in [4.78, 5) is 115. The zero-order valence-electron chi connectivity index (χ0n) is 41.3. The smallest absolute Gasteiger partial charge is 0.333 e. The van der Waals surface area contributed by atoms with Gasteiger partial charge in [-0.05, 0) is 91.5 Å². The number of carbonyl (C=O) groups excluding carboxylic acids is 8. The minimum absolute atomic E-state index is 0.00245. The highest BCUT2D eigenvalue weighted by molar-refractivity contribution is 6.01. The van der Waals surface area contributed by atoms with E-state index in [0.29, 0.717) is 55.1 Å². The fraction of sp³-hybridized carbons (Fsp3) is 0.434. The number of hydrogen-bond acceptors (Lipinski definition) is 12. The number of urea groups is 1. The van der Waals surface area contributed by atoms with Gasteiger partial charge in [-0.15, -0.1) is 5.06 Å². The maximum Gasteiger partial charge on any atom is 0.333 e. The van der Waals surface area contributed by atoms with Crippen molar-refractivity contribution in [3.63, 3.8) is 0 Å². The lowest BCUT2D eigenvalue weighted by atomic mass is 9.89. The topological polar surface area (TPSA) is 272 Å². The van der Waals surface area contributed by atoms with Crippen LogP contribution in [0.1, 0.15) is 106 Å². The Morgan fingerprint density at radius 1 is 0.875 bits per heavy atom. The van der Waals surface area contributed by atoms with Crippen molar-refractivity contribution in [1.82, 2.24) is 31.1 Å². The highest BCUT2D eigenvalue weighted by Crippen LogP contribution is 2.24. The van der Waals surface area contributed by atoms with Crippen LogP contribution in [0.15, 0.2) is 78.9 Å². The lowest BCUT2D eigenvalue weighted by Crippen LogP contribution is -2.45. The molecule has 3 aromatic carbocycles. The summed E-state index contributed by atoms with van der Waals surface area (Å²) in [5.41, 5.74) is 14.2. The number of benzene rings is 3. The number of aliphatic hydroxyl groups excluding tert-OH is 1. The molecule has 4 aromatic rings. The van der Waals surface area contributed by atoms with Crippen LogP contribution in [0.4, 0.5) is 10.5 Å². The van der Waals surface area contributed by atoms with Crippen molar-refractivity contribution in [3.05, 3.63) is 107 Å². The zero-order chi connectivity index (χ0) is 52.0. The molecule has 0 spiro atoms. The number of carbonyl (C=O) groups is 8. The maximum atomic E-state index is 13.7. The van der Waals surface area contributed by atoms with E-state index >= 15 is 0 Å². The molecule has 0 unspecified atom stereocenters. The normalized spacial score (nSPS) is 13.4. The van der Waals surface area contributed by atoms with Crippen molar-refractivity contribution >= 4 is 70.0 Å². The van der Waals surface area contributed by atoms with E-state index in [0.717, 1.165) is 35.3 Å². The van der Waals surface area contributed by atoms with Crippen LogP contribution in [-0.4, -0.2) is 99.7 Å². The number of aryl methyl sites for hydroxylation is 1. The molecule has 2 atom stereocenters. The Morgan fingerprint density at radius 2 is 1.57 bits per heavy atom. The first-order valence-corrected chi connectivity index (χ1v) is 24.5. The van der Waals surface area contributed by atoms with E-state index in [9.17, 15) is 43.5 Å². The third-order valence-electron chi connectivity index (χ3n) is 12.2. The average Bonchev–Trinajstić information content (AvgIpc) is 3.85. The number of amides is 7. The second-order valence-corrected chi connectivity index (χ2v) is 18.2. The number of nitrogens with one attached hydrogen (secondary N) is 5. The number of para-hydroxylation sites is 1. The molecule has 0 bridgehead atoms. The minimum atomic E-state index is -0.873. The summed E-state index contributed by atoms with van der Waals surface area (Å²) >= 11 is 0. The molecule has 0 saturated carbocycles. The van der Waals surface area contributed by atoms with E-state index in [4.69, 9.17) is 15.4 Å². The molecule has 19 nitrogen and oxygen atoms in total. The van der Waals surface area contributed by atoms with Gasteiger partial charge in [0.25, 0.3) is 17.7 Å². The monoisotopic (exact) mass is 993 g/mol. The molecule has 5 rings (SSSR count). The van der Waals surface area contributed by atoms with Crippen LogP contribution >= 0.6 is 0 Å². The van der Waals surface area contributed by atoms with Gasteiger partial charge < -0.3 is 36.6 Å². The lowest BCUT2D eigenvalue weighted by Gasteiger charge is -2.24. The Hall–Kier alpha value is -7.22. The van der Waals surface area contributed by atoms with Gasteiger partial charge in [-0.2, -0.15) is 0 Å². The van der Waals surface area contributed by atoms with Crippen molar-refractivity contribution in [1.29, 1.82) is 0 Å². The van der Waals surface area contributed by atoms with Crippen LogP contribution in [0.3, 0.4) is 0 Å². The number of aliphatic hydroxyl groups is 1. The van der Waals surface area contributed by atoms with Crippen LogP contribution in [0.5, 0.6) is 0 Å². The number of ketones is 1. The third kappa shape index (κ3) is 18.2. The molecule has 8 N–H and O–H groups in total. The zero-order valence-corrected chi connectivity index (χ0v) is 41.3. The van der Waals surface area contributed by atoms with Gasteiger partial charge >= 0.3 is 12.0 Å². The molecule has 1 aliphatic heterocycles. The Kier molecular flexibility index (Phi) is 22.1. The Labute approximate surface area is 419 Å². The first-order valence-electron chi connectivity index (χ1n) is 24.5. The molecule has 1 fully saturated rings. The number of imide groups is 1. The van der Waals surface area contributed by atoms with Crippen LogP contribution in [0.25, 0.3) is 17.0 Å². The van der Waals surface area contributed by atoms with Crippen molar-refractivity contribution < 1.29 is 53.1 Å². The molecule has 2 heterocycles. The van der Waals surface area contributed by atoms with Gasteiger partial charge in [-0.25, -0.2) is 15.1 Å². The standard InChI is InChI=1S/C53H68N8O11/c1-35(2)51(58-46(64)13-5-4-6-14-50(68)72-61-48(66)25-26-49(61)67)45(63)32-40(10-9-28-55-53(54)70)52(69)57-41-22-19-39(20-23-41)34-71-59-47(65)24-21-37-15-17-38(18-16-37)33-60(30-31-62)29-27-42-36(3)56-44-12-8-7-11-43(42)44/h7-8,11-12,15-24,35,40,51,56,62H,4-6,9-10,13-14,25-34H2,1-3H3,(H,57,69)(H,58,64)(H,59,65)(H3,54,55,70)/b24-21+/t40-,51+/m1/s1. The predicted molar refractivity (Wildman–Crippen MR) is 270 cm³/mol. The lowest BCUT2D eigenvalue weighted by molar-refractivity contribution is -0.197. The predicted octanol–water partition coefficient (Wildman–Crippen LogP) is 5.44. The molecule has 1 aromatic heterocycles. The molecule has 19 heteroatoms. The fourth-order valence-corrected chi connectivity index (χ4v) is 8.31. The molecule has 386 valence electrons. The SMILES string of the molecule is Cc1[nH]c2ccccc2c1CCN(CCO)Cc1ccc(/C=C/C(=O)NOCc2ccc(NC(=O)[C@H](CCCNC(N)=O)CC(=O)[C@@H](NC(=O)CCCCCC(=O)ON3C(=O)CCC3=O)C(C)C)cc2)cc1. The number of aromatic amines is 1. The van der Waals surface area contributed by atoms with Crippen LogP contribution in [-0.2, 0) is 62.8 Å². The van der Waals surface area contributed by atoms with Gasteiger partial charge in [0.2, 0.25) is 11.8 Å². The number of anilines is 1. The van der Waals surface area contributed by atoms with E-state index in [1.54, 1.807) is 44.2 Å². The number of H-pyrrole nitrogens is 1. The number of Topliss-reactive ketones (excluding diaryl/α,β-unsaturated/α-hetero) is 1. The molecule has 72 heavy (non-hydrogen) atoms. The van der Waals surface area contributed by atoms with Gasteiger partial charge in [0.1, 0.15) is 0 Å². The van der Waals surface area contributed by atoms with E-state index in [1.807, 2.05) is 36.4 Å². The summed E-state index contributed by atoms with van der Waals surface area (Å²) < 4.78 is 0. The van der Waals surface area contributed by atoms with Crippen LogP contribution < -0.4 is 27.2 Å². The number of hydroxylamine groups is 3. The van der Waals surface area contributed by atoms with Crippen molar-refractivity contribution in [2.45, 2.75) is 111 Å². The largest absolute Gasteiger partial charge is 0.395 e. The third-order valence-corrected chi connectivity index (χ3v) is 12.2. The Bertz CT molecular complexity index is 2510. The fourth-order valence-electron chi connectivity index (χ4n) is 8.31. The summed E-state index contributed by atoms with van der Waals surface area (Å²) in [6.07, 6.45) is 5.62. The summed E-state index contributed by atoms with van der Waals surface area (Å²) in [5.74, 6) is -4.52. The summed E-state index contributed by atoms with van der Waals surface area (Å²) in [6, 6.07) is 21.3. The highest BCUT2D eigenvalue weighted by Gasteiger charge is 2.33.